The van der Waals surface area contributed by atoms with E-state index >= 15 is 0 Å². The van der Waals surface area contributed by atoms with Gasteiger partial charge in [-0.25, -0.2) is 17.7 Å². The van der Waals surface area contributed by atoms with Crippen LogP contribution in [0.15, 0.2) is 58.7 Å². The van der Waals surface area contributed by atoms with Crippen molar-refractivity contribution >= 4 is 45.3 Å². The third kappa shape index (κ3) is 4.91. The lowest BCUT2D eigenvalue weighted by molar-refractivity contribution is 0.100. The summed E-state index contributed by atoms with van der Waals surface area (Å²) in [4.78, 5) is 22.6. The molecule has 11 heteroatoms. The molecule has 0 bridgehead atoms. The Kier molecular flexibility index (Phi) is 6.96. The zero-order chi connectivity index (χ0) is 20.3. The fourth-order valence-corrected chi connectivity index (χ4v) is 3.97. The molecule has 1 aromatic heterocycles. The molecule has 0 aliphatic carbocycles. The summed E-state index contributed by atoms with van der Waals surface area (Å²) in [5, 5.41) is 0. The molecule has 0 spiro atoms. The average molecular weight is 437 g/mol. The number of hydrogen-bond acceptors (Lipinski definition) is 4. The third-order valence-corrected chi connectivity index (χ3v) is 6.06. The number of nitrogens with one attached hydrogen (secondary N) is 1. The highest BCUT2D eigenvalue weighted by Gasteiger charge is 2.24. The lowest BCUT2D eigenvalue weighted by Gasteiger charge is -2.17. The summed E-state index contributed by atoms with van der Waals surface area (Å²) in [5.41, 5.74) is 12.3. The Morgan fingerprint density at radius 2 is 1.90 bits per heavy atom. The number of halogens is 1. The number of aliphatic imine (C=N–C) groups is 1. The van der Waals surface area contributed by atoms with E-state index in [2.05, 4.69) is 15.0 Å². The van der Waals surface area contributed by atoms with Gasteiger partial charge in [0.25, 0.3) is 5.91 Å². The van der Waals surface area contributed by atoms with E-state index in [-0.39, 0.29) is 29.4 Å². The number of nitrogens with two attached hydrogens (primary N) is 2. The number of nitrogens with zero attached hydrogens (tertiary/aromatic N) is 3. The Balaban J connectivity index is 0.00000300. The summed E-state index contributed by atoms with van der Waals surface area (Å²) in [6.45, 7) is 0.282. The molecule has 2 aromatic carbocycles. The Labute approximate surface area is 174 Å². The van der Waals surface area contributed by atoms with Crippen LogP contribution in [0.1, 0.15) is 15.9 Å². The van der Waals surface area contributed by atoms with Gasteiger partial charge in [0, 0.05) is 13.6 Å². The fraction of sp³-hybridized carbons (Fsp3) is 0.167. The molecule has 0 saturated carbocycles. The Morgan fingerprint density at radius 1 is 1.21 bits per heavy atom. The van der Waals surface area contributed by atoms with Crippen LogP contribution in [0.5, 0.6) is 0 Å². The van der Waals surface area contributed by atoms with Crippen molar-refractivity contribution in [2.45, 2.75) is 11.3 Å². The smallest absolute Gasteiger partial charge is 0.282 e. The first-order valence-electron chi connectivity index (χ1n) is 8.40. The highest BCUT2D eigenvalue weighted by atomic mass is 35.5. The normalized spacial score (nSPS) is 11.2. The second kappa shape index (κ2) is 9.03. The predicted octanol–water partition coefficient (Wildman–Crippen LogP) is 1.26. The number of imidazole rings is 1. The molecule has 5 N–H and O–H groups in total. The lowest BCUT2D eigenvalue weighted by Crippen LogP contribution is -2.29. The Bertz CT molecular complexity index is 1140. The molecule has 1 amide bonds. The molecule has 0 saturated heterocycles. The van der Waals surface area contributed by atoms with Crippen LogP contribution in [-0.4, -0.2) is 48.2 Å². The minimum atomic E-state index is -3.84. The van der Waals surface area contributed by atoms with Gasteiger partial charge in [-0.3, -0.25) is 4.79 Å². The van der Waals surface area contributed by atoms with Gasteiger partial charge in [0.05, 0.1) is 22.3 Å². The van der Waals surface area contributed by atoms with Gasteiger partial charge in [0.1, 0.15) is 5.52 Å². The summed E-state index contributed by atoms with van der Waals surface area (Å²) < 4.78 is 27.3. The van der Waals surface area contributed by atoms with E-state index < -0.39 is 21.9 Å². The van der Waals surface area contributed by atoms with Crippen molar-refractivity contribution in [1.82, 2.24) is 14.3 Å². The Morgan fingerprint density at radius 3 is 2.55 bits per heavy atom. The molecular weight excluding hydrogens is 416 g/mol. The van der Waals surface area contributed by atoms with E-state index in [0.29, 0.717) is 17.5 Å². The number of guanidine groups is 1. The van der Waals surface area contributed by atoms with Crippen molar-refractivity contribution in [1.29, 1.82) is 0 Å². The van der Waals surface area contributed by atoms with Crippen molar-refractivity contribution < 1.29 is 13.2 Å². The second-order valence-electron chi connectivity index (χ2n) is 6.17. The summed E-state index contributed by atoms with van der Waals surface area (Å²) in [5.74, 6) is -1.18. The highest BCUT2D eigenvalue weighted by molar-refractivity contribution is 7.89. The van der Waals surface area contributed by atoms with Crippen LogP contribution in [0.4, 0.5) is 0 Å². The minimum Gasteiger partial charge on any atom is -0.370 e. The third-order valence-electron chi connectivity index (χ3n) is 4.22. The van der Waals surface area contributed by atoms with E-state index in [1.54, 1.807) is 0 Å². The number of carbonyl (C=O) groups is 1. The molecule has 0 unspecified atom stereocenters. The van der Waals surface area contributed by atoms with Crippen LogP contribution in [-0.2, 0) is 16.4 Å². The van der Waals surface area contributed by atoms with Crippen LogP contribution in [0, 0.1) is 0 Å². The number of rotatable bonds is 6. The molecule has 29 heavy (non-hydrogen) atoms. The van der Waals surface area contributed by atoms with E-state index in [9.17, 15) is 13.2 Å². The molecule has 0 radical (unpaired) electrons. The molecule has 1 heterocycles. The number of carbonyl (C=O) groups excluding carboxylic acids is 1. The van der Waals surface area contributed by atoms with Crippen LogP contribution >= 0.6 is 12.4 Å². The molecular formula is C18H21ClN6O3S. The molecule has 0 aliphatic heterocycles. The highest BCUT2D eigenvalue weighted by Crippen LogP contribution is 2.24. The number of sulfonamides is 1. The maximum Gasteiger partial charge on any atom is 0.282 e. The predicted molar refractivity (Wildman–Crippen MR) is 113 cm³/mol. The van der Waals surface area contributed by atoms with Crippen molar-refractivity contribution in [3.8, 4) is 0 Å². The van der Waals surface area contributed by atoms with E-state index in [4.69, 9.17) is 11.5 Å². The van der Waals surface area contributed by atoms with Crippen LogP contribution in [0.3, 0.4) is 0 Å². The molecule has 0 aliphatic rings. The Hall–Kier alpha value is -2.95. The number of fused-ring (bicyclic) bond motifs is 1. The van der Waals surface area contributed by atoms with Crippen molar-refractivity contribution in [2.75, 3.05) is 13.6 Å². The summed E-state index contributed by atoms with van der Waals surface area (Å²) >= 11 is 0. The number of aromatic nitrogens is 2. The van der Waals surface area contributed by atoms with E-state index in [0.717, 1.165) is 5.56 Å². The summed E-state index contributed by atoms with van der Waals surface area (Å²) in [6, 6.07) is 12.2. The standard InChI is InChI=1S/C18H20N6O3S.ClH/c1-24(8-7-12-5-3-2-4-6-12)28(26,27)13-9-14(17(25)23-18(19)20)16-15(10-13)21-11-22-16;/h2-6,9-11H,7-8H2,1H3,(H,21,22)(H4,19,20,23,25);1H. The van der Waals surface area contributed by atoms with Gasteiger partial charge in [-0.1, -0.05) is 30.3 Å². The van der Waals surface area contributed by atoms with Crippen molar-refractivity contribution in [3.05, 3.63) is 59.9 Å². The van der Waals surface area contributed by atoms with Crippen LogP contribution < -0.4 is 11.5 Å². The van der Waals surface area contributed by atoms with Crippen molar-refractivity contribution in [2.24, 2.45) is 16.5 Å². The first kappa shape index (κ1) is 22.3. The van der Waals surface area contributed by atoms with Gasteiger partial charge in [-0.15, -0.1) is 12.4 Å². The van der Waals surface area contributed by atoms with Gasteiger partial charge in [-0.2, -0.15) is 4.99 Å². The number of aromatic amines is 1. The van der Waals surface area contributed by atoms with Crippen LogP contribution in [0.2, 0.25) is 0 Å². The minimum absolute atomic E-state index is 0. The molecule has 3 rings (SSSR count). The number of likely N-dealkylation sites (N-methyl/N-ethyl adjacent to an activating group) is 1. The van der Waals surface area contributed by atoms with Gasteiger partial charge in [0.2, 0.25) is 10.0 Å². The molecule has 0 atom stereocenters. The van der Waals surface area contributed by atoms with Gasteiger partial charge >= 0.3 is 0 Å². The molecule has 154 valence electrons. The number of hydrogen-bond donors (Lipinski definition) is 3. The molecule has 9 nitrogen and oxygen atoms in total. The average Bonchev–Trinajstić information content (AvgIpc) is 3.14. The van der Waals surface area contributed by atoms with Crippen LogP contribution in [0.25, 0.3) is 11.0 Å². The lowest BCUT2D eigenvalue weighted by atomic mass is 10.1. The van der Waals surface area contributed by atoms with E-state index in [1.807, 2.05) is 30.3 Å². The quantitative estimate of drug-likeness (QED) is 0.391. The second-order valence-corrected chi connectivity index (χ2v) is 8.22. The van der Waals surface area contributed by atoms with Gasteiger partial charge < -0.3 is 16.5 Å². The van der Waals surface area contributed by atoms with Crippen molar-refractivity contribution in [3.63, 3.8) is 0 Å². The zero-order valence-electron chi connectivity index (χ0n) is 15.6. The van der Waals surface area contributed by atoms with Gasteiger partial charge in [-0.05, 0) is 24.1 Å². The number of amides is 1. The maximum absolute atomic E-state index is 13.0. The van der Waals surface area contributed by atoms with E-state index in [1.165, 1.54) is 29.8 Å². The monoisotopic (exact) mass is 436 g/mol. The SMILES string of the molecule is CN(CCc1ccccc1)S(=O)(=O)c1cc(C(=O)N=C(N)N)c2nc[nH]c2c1.Cl. The number of H-pyrrole nitrogens is 1. The van der Waals surface area contributed by atoms with Gasteiger partial charge in [0.15, 0.2) is 5.96 Å². The largest absolute Gasteiger partial charge is 0.370 e. The first-order chi connectivity index (χ1) is 13.3. The number of benzene rings is 2. The summed E-state index contributed by atoms with van der Waals surface area (Å²) in [7, 11) is -2.35. The zero-order valence-corrected chi connectivity index (χ0v) is 17.2. The summed E-state index contributed by atoms with van der Waals surface area (Å²) in [6.07, 6.45) is 1.93. The molecule has 3 aromatic rings. The topological polar surface area (TPSA) is 148 Å². The first-order valence-corrected chi connectivity index (χ1v) is 9.84. The fourth-order valence-electron chi connectivity index (χ4n) is 2.74. The molecule has 0 fully saturated rings. The maximum atomic E-state index is 13.0.